The Labute approximate surface area is 60.0 Å². The van der Waals surface area contributed by atoms with Gasteiger partial charge in [0.05, 0.1) is 6.42 Å². The molecule has 0 aliphatic rings. The number of hydrogen-bond acceptors (Lipinski definition) is 3. The van der Waals surface area contributed by atoms with Crippen molar-refractivity contribution in [1.29, 1.82) is 0 Å². The molecule has 0 heterocycles. The summed E-state index contributed by atoms with van der Waals surface area (Å²) in [5, 5.41) is 18.2. The van der Waals surface area contributed by atoms with E-state index in [4.69, 9.17) is 10.3 Å². The van der Waals surface area contributed by atoms with Crippen LogP contribution in [0.3, 0.4) is 0 Å². The Morgan fingerprint density at radius 3 is 2.40 bits per heavy atom. The topological polar surface area (TPSA) is 60.8 Å². The van der Waals surface area contributed by atoms with Gasteiger partial charge in [-0.3, -0.25) is 4.79 Å². The minimum atomic E-state index is -0.889. The maximum Gasteiger partial charge on any atom is 0.304 e. The van der Waals surface area contributed by atoms with Gasteiger partial charge in [0.15, 0.2) is 0 Å². The lowest BCUT2D eigenvalue weighted by molar-refractivity contribution is -0.146. The van der Waals surface area contributed by atoms with Gasteiger partial charge < -0.3 is 10.3 Å². The van der Waals surface area contributed by atoms with E-state index in [1.54, 1.807) is 13.8 Å². The van der Waals surface area contributed by atoms with E-state index < -0.39 is 5.97 Å². The number of carboxylic acids is 1. The van der Waals surface area contributed by atoms with Crippen LogP contribution in [0.5, 0.6) is 0 Å². The van der Waals surface area contributed by atoms with Crippen LogP contribution in [-0.2, 0) is 4.79 Å². The van der Waals surface area contributed by atoms with Crippen molar-refractivity contribution in [2.75, 3.05) is 6.54 Å². The van der Waals surface area contributed by atoms with E-state index in [1.165, 1.54) is 0 Å². The van der Waals surface area contributed by atoms with Crippen molar-refractivity contribution < 1.29 is 15.1 Å². The molecule has 0 aromatic heterocycles. The number of aliphatic carboxylic acids is 1. The molecule has 0 atom stereocenters. The molecule has 0 saturated heterocycles. The Kier molecular flexibility index (Phi) is 3.99. The molecular formula is C6H13NO3. The molecule has 0 aromatic carbocycles. The van der Waals surface area contributed by atoms with Gasteiger partial charge in [-0.25, -0.2) is 0 Å². The van der Waals surface area contributed by atoms with Crippen molar-refractivity contribution in [1.82, 2.24) is 5.06 Å². The zero-order chi connectivity index (χ0) is 8.15. The Balaban J connectivity index is 3.39. The molecular weight excluding hydrogens is 134 g/mol. The molecule has 0 fully saturated rings. The van der Waals surface area contributed by atoms with Crippen LogP contribution in [0.25, 0.3) is 0 Å². The van der Waals surface area contributed by atoms with Crippen molar-refractivity contribution in [3.8, 4) is 0 Å². The fraction of sp³-hybridized carbons (Fsp3) is 0.833. The molecule has 0 aromatic rings. The number of rotatable bonds is 4. The van der Waals surface area contributed by atoms with Gasteiger partial charge in [-0.2, -0.15) is 5.06 Å². The first-order valence-corrected chi connectivity index (χ1v) is 3.21. The normalized spacial score (nSPS) is 10.9. The quantitative estimate of drug-likeness (QED) is 0.570. The van der Waals surface area contributed by atoms with Gasteiger partial charge in [-0.15, -0.1) is 0 Å². The second kappa shape index (κ2) is 4.24. The number of hydrogen-bond donors (Lipinski definition) is 2. The molecule has 0 unspecified atom stereocenters. The molecule has 0 saturated carbocycles. The summed E-state index contributed by atoms with van der Waals surface area (Å²) in [5.41, 5.74) is 0. The molecule has 4 heteroatoms. The predicted molar refractivity (Wildman–Crippen MR) is 35.9 cm³/mol. The summed E-state index contributed by atoms with van der Waals surface area (Å²) < 4.78 is 0. The second-order valence-electron chi connectivity index (χ2n) is 2.40. The third-order valence-corrected chi connectivity index (χ3v) is 1.15. The van der Waals surface area contributed by atoms with E-state index in [-0.39, 0.29) is 19.0 Å². The van der Waals surface area contributed by atoms with Gasteiger partial charge >= 0.3 is 5.97 Å². The van der Waals surface area contributed by atoms with Gasteiger partial charge in [-0.05, 0) is 13.8 Å². The fourth-order valence-corrected chi connectivity index (χ4v) is 0.468. The highest BCUT2D eigenvalue weighted by Crippen LogP contribution is 1.93. The maximum absolute atomic E-state index is 9.99. The third kappa shape index (κ3) is 4.29. The van der Waals surface area contributed by atoms with Crippen LogP contribution < -0.4 is 0 Å². The van der Waals surface area contributed by atoms with Gasteiger partial charge in [-0.1, -0.05) is 0 Å². The summed E-state index contributed by atoms with van der Waals surface area (Å²) in [4.78, 5) is 9.99. The number of carboxylic acid groups (broad SMARTS) is 1. The molecule has 0 radical (unpaired) electrons. The maximum atomic E-state index is 9.99. The monoisotopic (exact) mass is 147 g/mol. The number of carbonyl (C=O) groups is 1. The van der Waals surface area contributed by atoms with Crippen LogP contribution in [0.15, 0.2) is 0 Å². The number of hydroxylamine groups is 2. The molecule has 10 heavy (non-hydrogen) atoms. The minimum absolute atomic E-state index is 0.0145. The van der Waals surface area contributed by atoms with Crippen molar-refractivity contribution >= 4 is 5.97 Å². The molecule has 0 aliphatic heterocycles. The smallest absolute Gasteiger partial charge is 0.304 e. The summed E-state index contributed by atoms with van der Waals surface area (Å²) in [6.45, 7) is 3.77. The lowest BCUT2D eigenvalue weighted by Crippen LogP contribution is -2.29. The highest BCUT2D eigenvalue weighted by Gasteiger charge is 2.06. The summed E-state index contributed by atoms with van der Waals surface area (Å²) in [6.07, 6.45) is -0.0192. The molecule has 60 valence electrons. The van der Waals surface area contributed by atoms with Crippen LogP contribution in [0, 0.1) is 0 Å². The van der Waals surface area contributed by atoms with Crippen LogP contribution in [0.4, 0.5) is 0 Å². The van der Waals surface area contributed by atoms with E-state index in [9.17, 15) is 4.79 Å². The standard InChI is InChI=1S/C6H13NO3/c1-5(2)7(10)4-3-6(8)9/h5,10H,3-4H2,1-2H3,(H,8,9). The zero-order valence-electron chi connectivity index (χ0n) is 6.24. The first kappa shape index (κ1) is 9.39. The van der Waals surface area contributed by atoms with Crippen LogP contribution in [0.2, 0.25) is 0 Å². The van der Waals surface area contributed by atoms with Crippen molar-refractivity contribution in [2.24, 2.45) is 0 Å². The Bertz CT molecular complexity index is 114. The highest BCUT2D eigenvalue weighted by atomic mass is 16.5. The van der Waals surface area contributed by atoms with Crippen LogP contribution >= 0.6 is 0 Å². The van der Waals surface area contributed by atoms with E-state index in [2.05, 4.69) is 0 Å². The number of nitrogens with zero attached hydrogens (tertiary/aromatic N) is 1. The van der Waals surface area contributed by atoms with Crippen molar-refractivity contribution in [2.45, 2.75) is 26.3 Å². The molecule has 0 aliphatic carbocycles. The van der Waals surface area contributed by atoms with Gasteiger partial charge in [0.2, 0.25) is 0 Å². The minimum Gasteiger partial charge on any atom is -0.481 e. The first-order valence-electron chi connectivity index (χ1n) is 3.21. The molecule has 4 nitrogen and oxygen atoms in total. The Morgan fingerprint density at radius 1 is 1.60 bits per heavy atom. The van der Waals surface area contributed by atoms with Gasteiger partial charge in [0.25, 0.3) is 0 Å². The van der Waals surface area contributed by atoms with E-state index >= 15 is 0 Å². The van der Waals surface area contributed by atoms with E-state index in [0.29, 0.717) is 0 Å². The average molecular weight is 147 g/mol. The molecule has 0 spiro atoms. The van der Waals surface area contributed by atoms with E-state index in [0.717, 1.165) is 5.06 Å². The largest absolute Gasteiger partial charge is 0.481 e. The SMILES string of the molecule is CC(C)N(O)CCC(=O)O. The lowest BCUT2D eigenvalue weighted by atomic mass is 10.3. The fourth-order valence-electron chi connectivity index (χ4n) is 0.468. The van der Waals surface area contributed by atoms with Crippen LogP contribution in [-0.4, -0.2) is 33.9 Å². The molecule has 0 bridgehead atoms. The second-order valence-corrected chi connectivity index (χ2v) is 2.40. The van der Waals surface area contributed by atoms with Gasteiger partial charge in [0.1, 0.15) is 0 Å². The van der Waals surface area contributed by atoms with E-state index in [1.807, 2.05) is 0 Å². The molecule has 2 N–H and O–H groups in total. The first-order chi connectivity index (χ1) is 4.54. The Hall–Kier alpha value is -0.610. The summed E-state index contributed by atoms with van der Waals surface area (Å²) in [7, 11) is 0. The lowest BCUT2D eigenvalue weighted by Gasteiger charge is -2.16. The summed E-state index contributed by atoms with van der Waals surface area (Å²) >= 11 is 0. The third-order valence-electron chi connectivity index (χ3n) is 1.15. The highest BCUT2D eigenvalue weighted by molar-refractivity contribution is 5.66. The van der Waals surface area contributed by atoms with Crippen molar-refractivity contribution in [3.05, 3.63) is 0 Å². The summed E-state index contributed by atoms with van der Waals surface area (Å²) in [6, 6.07) is -0.0145. The predicted octanol–water partition coefficient (Wildman–Crippen LogP) is 0.561. The van der Waals surface area contributed by atoms with Crippen LogP contribution in [0.1, 0.15) is 20.3 Å². The Morgan fingerprint density at radius 2 is 2.10 bits per heavy atom. The average Bonchev–Trinajstić information content (AvgIpc) is 1.82. The van der Waals surface area contributed by atoms with Gasteiger partial charge in [0, 0.05) is 12.6 Å². The summed E-state index contributed by atoms with van der Waals surface area (Å²) in [5.74, 6) is -0.889. The zero-order valence-corrected chi connectivity index (χ0v) is 6.24. The molecule has 0 amide bonds. The molecule has 0 rings (SSSR count). The van der Waals surface area contributed by atoms with Crippen molar-refractivity contribution in [3.63, 3.8) is 0 Å².